The summed E-state index contributed by atoms with van der Waals surface area (Å²) in [5.41, 5.74) is 4.03. The summed E-state index contributed by atoms with van der Waals surface area (Å²) in [5, 5.41) is 3.60. The van der Waals surface area contributed by atoms with Gasteiger partial charge in [0.2, 0.25) is 0 Å². The Labute approximate surface area is 118 Å². The third-order valence-electron chi connectivity index (χ3n) is 3.14. The lowest BCUT2D eigenvalue weighted by atomic mass is 10.1. The Bertz CT molecular complexity index is 590. The zero-order chi connectivity index (χ0) is 13.8. The number of rotatable bonds is 3. The van der Waals surface area contributed by atoms with E-state index in [1.165, 1.54) is 5.56 Å². The van der Waals surface area contributed by atoms with E-state index in [4.69, 9.17) is 11.6 Å². The summed E-state index contributed by atoms with van der Waals surface area (Å²) in [6, 6.07) is 13.2. The minimum absolute atomic E-state index is 0.0574. The summed E-state index contributed by atoms with van der Waals surface area (Å²) in [5.74, 6) is -0.0574. The van der Waals surface area contributed by atoms with E-state index in [9.17, 15) is 4.79 Å². The zero-order valence-electron chi connectivity index (χ0n) is 11.0. The molecule has 0 aliphatic carbocycles. The Balaban J connectivity index is 2.01. The topological polar surface area (TPSA) is 29.1 Å². The molecule has 0 heterocycles. The van der Waals surface area contributed by atoms with Gasteiger partial charge in [-0.25, -0.2) is 0 Å². The molecule has 1 amide bonds. The molecule has 0 bridgehead atoms. The van der Waals surface area contributed by atoms with E-state index < -0.39 is 0 Å². The van der Waals surface area contributed by atoms with Crippen LogP contribution in [0.4, 0.5) is 0 Å². The van der Waals surface area contributed by atoms with Crippen LogP contribution < -0.4 is 5.32 Å². The fraction of sp³-hybridized carbons (Fsp3) is 0.188. The van der Waals surface area contributed by atoms with Crippen LogP contribution in [0.1, 0.15) is 27.0 Å². The third kappa shape index (κ3) is 3.58. The van der Waals surface area contributed by atoms with Crippen molar-refractivity contribution in [1.82, 2.24) is 5.32 Å². The Morgan fingerprint density at radius 2 is 1.74 bits per heavy atom. The molecule has 0 spiro atoms. The van der Waals surface area contributed by atoms with Crippen molar-refractivity contribution in [3.8, 4) is 0 Å². The van der Waals surface area contributed by atoms with Crippen molar-refractivity contribution in [2.24, 2.45) is 0 Å². The van der Waals surface area contributed by atoms with Gasteiger partial charge in [0.05, 0.1) is 0 Å². The number of halogens is 1. The Kier molecular flexibility index (Phi) is 4.23. The summed E-state index contributed by atoms with van der Waals surface area (Å²) < 4.78 is 0. The van der Waals surface area contributed by atoms with Crippen LogP contribution in [0.15, 0.2) is 42.5 Å². The maximum absolute atomic E-state index is 12.0. The highest BCUT2D eigenvalue weighted by Gasteiger charge is 2.06. The molecule has 0 atom stereocenters. The molecule has 98 valence electrons. The van der Waals surface area contributed by atoms with Crippen LogP contribution in [0.3, 0.4) is 0 Å². The number of amides is 1. The van der Waals surface area contributed by atoms with Crippen LogP contribution in [0.25, 0.3) is 0 Å². The monoisotopic (exact) mass is 273 g/mol. The first kappa shape index (κ1) is 13.6. The second-order valence-corrected chi connectivity index (χ2v) is 5.04. The molecule has 2 aromatic rings. The van der Waals surface area contributed by atoms with Gasteiger partial charge in [-0.05, 0) is 54.8 Å². The van der Waals surface area contributed by atoms with E-state index in [0.717, 1.165) is 11.1 Å². The lowest BCUT2D eigenvalue weighted by Crippen LogP contribution is -2.22. The largest absolute Gasteiger partial charge is 0.348 e. The molecule has 1 N–H and O–H groups in total. The summed E-state index contributed by atoms with van der Waals surface area (Å²) >= 11 is 5.82. The van der Waals surface area contributed by atoms with Crippen molar-refractivity contribution in [2.75, 3.05) is 0 Å². The average molecular weight is 274 g/mol. The minimum atomic E-state index is -0.0574. The number of hydrogen-bond donors (Lipinski definition) is 1. The smallest absolute Gasteiger partial charge is 0.251 e. The van der Waals surface area contributed by atoms with E-state index in [-0.39, 0.29) is 5.91 Å². The lowest BCUT2D eigenvalue weighted by Gasteiger charge is -2.07. The maximum atomic E-state index is 12.0. The molecule has 0 aliphatic heterocycles. The number of hydrogen-bond acceptors (Lipinski definition) is 1. The maximum Gasteiger partial charge on any atom is 0.251 e. The summed E-state index contributed by atoms with van der Waals surface area (Å²) in [4.78, 5) is 12.0. The molecule has 0 fully saturated rings. The summed E-state index contributed by atoms with van der Waals surface area (Å²) in [7, 11) is 0. The number of aryl methyl sites for hydroxylation is 2. The quantitative estimate of drug-likeness (QED) is 0.903. The molecule has 3 heteroatoms. The molecule has 0 saturated heterocycles. The van der Waals surface area contributed by atoms with Crippen molar-refractivity contribution >= 4 is 17.5 Å². The molecule has 2 rings (SSSR count). The third-order valence-corrected chi connectivity index (χ3v) is 3.39. The highest BCUT2D eigenvalue weighted by atomic mass is 35.5. The van der Waals surface area contributed by atoms with E-state index in [0.29, 0.717) is 17.1 Å². The van der Waals surface area contributed by atoms with Gasteiger partial charge in [0.25, 0.3) is 5.91 Å². The molecular weight excluding hydrogens is 258 g/mol. The van der Waals surface area contributed by atoms with Crippen molar-refractivity contribution < 1.29 is 4.79 Å². The van der Waals surface area contributed by atoms with Crippen molar-refractivity contribution in [3.05, 3.63) is 69.7 Å². The lowest BCUT2D eigenvalue weighted by molar-refractivity contribution is 0.0951. The van der Waals surface area contributed by atoms with Crippen molar-refractivity contribution in [1.29, 1.82) is 0 Å². The fourth-order valence-corrected chi connectivity index (χ4v) is 1.90. The van der Waals surface area contributed by atoms with Crippen LogP contribution in [-0.2, 0) is 6.54 Å². The number of carbonyl (C=O) groups excluding carboxylic acids is 1. The fourth-order valence-electron chi connectivity index (χ4n) is 1.77. The summed E-state index contributed by atoms with van der Waals surface area (Å²) in [6.45, 7) is 4.54. The molecule has 2 nitrogen and oxygen atoms in total. The molecule has 19 heavy (non-hydrogen) atoms. The molecule has 2 aromatic carbocycles. The molecule has 0 radical (unpaired) electrons. The van der Waals surface area contributed by atoms with Crippen molar-refractivity contribution in [2.45, 2.75) is 20.4 Å². The van der Waals surface area contributed by atoms with Crippen molar-refractivity contribution in [3.63, 3.8) is 0 Å². The first-order valence-electron chi connectivity index (χ1n) is 6.16. The molecule has 0 unspecified atom stereocenters. The van der Waals surface area contributed by atoms with E-state index in [1.54, 1.807) is 0 Å². The Morgan fingerprint density at radius 3 is 2.37 bits per heavy atom. The van der Waals surface area contributed by atoms with Crippen LogP contribution in [0, 0.1) is 13.8 Å². The molecular formula is C16H16ClNO. The summed E-state index contributed by atoms with van der Waals surface area (Å²) in [6.07, 6.45) is 0. The van der Waals surface area contributed by atoms with Gasteiger partial charge in [-0.2, -0.15) is 0 Å². The second-order valence-electron chi connectivity index (χ2n) is 4.61. The first-order valence-corrected chi connectivity index (χ1v) is 6.54. The van der Waals surface area contributed by atoms with Gasteiger partial charge < -0.3 is 5.32 Å². The van der Waals surface area contributed by atoms with E-state index in [2.05, 4.69) is 5.32 Å². The van der Waals surface area contributed by atoms with Crippen LogP contribution in [-0.4, -0.2) is 5.91 Å². The van der Waals surface area contributed by atoms with Crippen LogP contribution in [0.2, 0.25) is 5.02 Å². The van der Waals surface area contributed by atoms with Gasteiger partial charge in [0, 0.05) is 17.1 Å². The molecule has 0 aliphatic rings. The molecule has 0 aromatic heterocycles. The highest BCUT2D eigenvalue weighted by molar-refractivity contribution is 6.30. The highest BCUT2D eigenvalue weighted by Crippen LogP contribution is 2.11. The molecule has 0 saturated carbocycles. The van der Waals surface area contributed by atoms with Gasteiger partial charge >= 0.3 is 0 Å². The van der Waals surface area contributed by atoms with Crippen LogP contribution >= 0.6 is 11.6 Å². The number of nitrogens with one attached hydrogen (secondary N) is 1. The van der Waals surface area contributed by atoms with Crippen LogP contribution in [0.5, 0.6) is 0 Å². The number of benzene rings is 2. The van der Waals surface area contributed by atoms with Gasteiger partial charge in [0.1, 0.15) is 0 Å². The Morgan fingerprint density at radius 1 is 1.05 bits per heavy atom. The first-order chi connectivity index (χ1) is 9.06. The number of carbonyl (C=O) groups is 1. The van der Waals surface area contributed by atoms with Gasteiger partial charge in [-0.1, -0.05) is 29.8 Å². The van der Waals surface area contributed by atoms with Gasteiger partial charge in [-0.3, -0.25) is 4.79 Å². The zero-order valence-corrected chi connectivity index (χ0v) is 11.8. The SMILES string of the molecule is Cc1ccc(C(=O)NCc2ccc(Cl)cc2)cc1C. The minimum Gasteiger partial charge on any atom is -0.348 e. The van der Waals surface area contributed by atoms with Gasteiger partial charge in [-0.15, -0.1) is 0 Å². The normalized spacial score (nSPS) is 10.3. The second kappa shape index (κ2) is 5.89. The van der Waals surface area contributed by atoms with Gasteiger partial charge in [0.15, 0.2) is 0 Å². The predicted octanol–water partition coefficient (Wildman–Crippen LogP) is 3.89. The standard InChI is InChI=1S/C16H16ClNO/c1-11-3-6-14(9-12(11)2)16(19)18-10-13-4-7-15(17)8-5-13/h3-9H,10H2,1-2H3,(H,18,19). The average Bonchev–Trinajstić information content (AvgIpc) is 2.41. The predicted molar refractivity (Wildman–Crippen MR) is 78.5 cm³/mol. The van der Waals surface area contributed by atoms with E-state index >= 15 is 0 Å². The van der Waals surface area contributed by atoms with E-state index in [1.807, 2.05) is 56.3 Å². The Hall–Kier alpha value is -1.80.